The van der Waals surface area contributed by atoms with Crippen molar-refractivity contribution in [1.82, 2.24) is 0 Å². The molecule has 3 aromatic rings. The third-order valence-electron chi connectivity index (χ3n) is 5.34. The molecule has 0 aliphatic heterocycles. The highest BCUT2D eigenvalue weighted by Crippen LogP contribution is 2.36. The van der Waals surface area contributed by atoms with E-state index < -0.39 is 25.7 Å². The molecule has 0 bridgehead atoms. The summed E-state index contributed by atoms with van der Waals surface area (Å²) in [6.45, 7) is 0. The van der Waals surface area contributed by atoms with Crippen LogP contribution in [0.25, 0.3) is 6.08 Å². The molecular formula is C26H28O10S2. The summed E-state index contributed by atoms with van der Waals surface area (Å²) in [7, 11) is -0.875. The number of hydrogen-bond donors (Lipinski definition) is 0. The SMILES string of the molecule is COc1ccc(S(=O)(=O)Oc2cc(CS(=O)(=O)C=Cc3c(OC)cc(OC)cc3OC)ccc2OC)cc1. The van der Waals surface area contributed by atoms with Crippen molar-refractivity contribution in [1.29, 1.82) is 0 Å². The van der Waals surface area contributed by atoms with Crippen molar-refractivity contribution >= 4 is 26.0 Å². The summed E-state index contributed by atoms with van der Waals surface area (Å²) in [4.78, 5) is -0.108. The highest BCUT2D eigenvalue weighted by Gasteiger charge is 2.21. The Morgan fingerprint density at radius 2 is 1.21 bits per heavy atom. The normalized spacial score (nSPS) is 11.7. The van der Waals surface area contributed by atoms with Crippen LogP contribution in [0.3, 0.4) is 0 Å². The van der Waals surface area contributed by atoms with Gasteiger partial charge in [-0.1, -0.05) is 6.07 Å². The van der Waals surface area contributed by atoms with E-state index in [0.29, 0.717) is 28.6 Å². The molecule has 0 unspecified atom stereocenters. The van der Waals surface area contributed by atoms with Gasteiger partial charge in [-0.05, 0) is 48.0 Å². The summed E-state index contributed by atoms with van der Waals surface area (Å²) in [6.07, 6.45) is 1.36. The maximum Gasteiger partial charge on any atom is 0.339 e. The van der Waals surface area contributed by atoms with Gasteiger partial charge in [0, 0.05) is 17.5 Å². The van der Waals surface area contributed by atoms with Crippen LogP contribution in [0, 0.1) is 0 Å². The Morgan fingerprint density at radius 1 is 0.632 bits per heavy atom. The average Bonchev–Trinajstić information content (AvgIpc) is 2.91. The largest absolute Gasteiger partial charge is 0.497 e. The van der Waals surface area contributed by atoms with Crippen LogP contribution < -0.4 is 27.9 Å². The summed E-state index contributed by atoms with van der Waals surface area (Å²) < 4.78 is 83.0. The lowest BCUT2D eigenvalue weighted by atomic mass is 10.1. The molecule has 0 saturated carbocycles. The number of hydrogen-bond acceptors (Lipinski definition) is 10. The predicted octanol–water partition coefficient (Wildman–Crippen LogP) is 4.08. The Balaban J connectivity index is 1.88. The van der Waals surface area contributed by atoms with Crippen LogP contribution in [0.15, 0.2) is 64.9 Å². The number of methoxy groups -OCH3 is 5. The molecule has 38 heavy (non-hydrogen) atoms. The minimum absolute atomic E-state index is 0.108. The lowest BCUT2D eigenvalue weighted by Gasteiger charge is -2.13. The molecule has 0 aliphatic rings. The third kappa shape index (κ3) is 6.90. The second-order valence-corrected chi connectivity index (χ2v) is 11.2. The molecule has 0 radical (unpaired) electrons. The molecule has 10 nitrogen and oxygen atoms in total. The van der Waals surface area contributed by atoms with E-state index in [1.165, 1.54) is 84.1 Å². The van der Waals surface area contributed by atoms with Gasteiger partial charge in [-0.25, -0.2) is 8.42 Å². The van der Waals surface area contributed by atoms with Crippen LogP contribution in [-0.4, -0.2) is 52.4 Å². The van der Waals surface area contributed by atoms with Crippen molar-refractivity contribution in [3.63, 3.8) is 0 Å². The van der Waals surface area contributed by atoms with E-state index >= 15 is 0 Å². The Kier molecular flexibility index (Phi) is 9.13. The van der Waals surface area contributed by atoms with E-state index in [2.05, 4.69) is 0 Å². The van der Waals surface area contributed by atoms with Crippen LogP contribution in [0.1, 0.15) is 11.1 Å². The lowest BCUT2D eigenvalue weighted by molar-refractivity contribution is 0.374. The fourth-order valence-corrected chi connectivity index (χ4v) is 5.45. The summed E-state index contributed by atoms with van der Waals surface area (Å²) in [5, 5.41) is 1.03. The molecule has 3 aromatic carbocycles. The maximum absolute atomic E-state index is 12.9. The van der Waals surface area contributed by atoms with E-state index in [-0.39, 0.29) is 22.0 Å². The van der Waals surface area contributed by atoms with Crippen molar-refractivity contribution in [2.24, 2.45) is 0 Å². The molecule has 0 aliphatic carbocycles. The third-order valence-corrected chi connectivity index (χ3v) is 7.87. The van der Waals surface area contributed by atoms with E-state index in [9.17, 15) is 16.8 Å². The smallest absolute Gasteiger partial charge is 0.339 e. The van der Waals surface area contributed by atoms with Gasteiger partial charge in [0.15, 0.2) is 21.3 Å². The van der Waals surface area contributed by atoms with Crippen LogP contribution in [0.5, 0.6) is 34.5 Å². The van der Waals surface area contributed by atoms with Crippen LogP contribution in [0.4, 0.5) is 0 Å². The zero-order chi connectivity index (χ0) is 27.9. The van der Waals surface area contributed by atoms with Gasteiger partial charge in [0.1, 0.15) is 27.9 Å². The van der Waals surface area contributed by atoms with Gasteiger partial charge in [0.05, 0.1) is 46.9 Å². The van der Waals surface area contributed by atoms with Crippen molar-refractivity contribution in [2.45, 2.75) is 10.6 Å². The second-order valence-electron chi connectivity index (χ2n) is 7.75. The van der Waals surface area contributed by atoms with Crippen molar-refractivity contribution in [2.75, 3.05) is 35.5 Å². The molecule has 204 valence electrons. The fourth-order valence-electron chi connectivity index (χ4n) is 3.43. The zero-order valence-corrected chi connectivity index (χ0v) is 23.1. The van der Waals surface area contributed by atoms with Crippen LogP contribution >= 0.6 is 0 Å². The van der Waals surface area contributed by atoms with Gasteiger partial charge in [0.2, 0.25) is 0 Å². The van der Waals surface area contributed by atoms with E-state index in [1.54, 1.807) is 12.1 Å². The number of sulfone groups is 1. The lowest BCUT2D eigenvalue weighted by Crippen LogP contribution is -2.11. The highest BCUT2D eigenvalue weighted by molar-refractivity contribution is 7.93. The monoisotopic (exact) mass is 564 g/mol. The van der Waals surface area contributed by atoms with Crippen molar-refractivity contribution < 1.29 is 44.7 Å². The summed E-state index contributed by atoms with van der Waals surface area (Å²) >= 11 is 0. The zero-order valence-electron chi connectivity index (χ0n) is 21.5. The highest BCUT2D eigenvalue weighted by atomic mass is 32.2. The molecular weight excluding hydrogens is 536 g/mol. The van der Waals surface area contributed by atoms with Gasteiger partial charge in [-0.15, -0.1) is 0 Å². The topological polar surface area (TPSA) is 124 Å². The Labute approximate surface area is 222 Å². The van der Waals surface area contributed by atoms with Gasteiger partial charge in [-0.3, -0.25) is 0 Å². The first-order chi connectivity index (χ1) is 18.0. The molecule has 0 atom stereocenters. The first-order valence-electron chi connectivity index (χ1n) is 11.0. The summed E-state index contributed by atoms with van der Waals surface area (Å²) in [5.41, 5.74) is 0.688. The van der Waals surface area contributed by atoms with E-state index in [4.69, 9.17) is 27.9 Å². The van der Waals surface area contributed by atoms with Crippen molar-refractivity contribution in [3.8, 4) is 34.5 Å². The molecule has 0 heterocycles. The molecule has 0 amide bonds. The standard InChI is InChI=1S/C26H28O10S2/c1-31-19-7-9-21(10-8-19)38(29,30)36-26-14-18(6-11-23(26)33-3)17-37(27,28)13-12-22-24(34-4)15-20(32-2)16-25(22)35-5/h6-16H,17H2,1-5H3. The molecule has 0 N–H and O–H groups in total. The molecule has 0 fully saturated rings. The molecule has 0 aromatic heterocycles. The van der Waals surface area contributed by atoms with Crippen LogP contribution in [0.2, 0.25) is 0 Å². The Hall–Kier alpha value is -3.90. The molecule has 0 saturated heterocycles. The van der Waals surface area contributed by atoms with Crippen LogP contribution in [-0.2, 0) is 25.7 Å². The molecule has 3 rings (SSSR count). The summed E-state index contributed by atoms with van der Waals surface area (Å²) in [5.74, 6) is 1.20. The van der Waals surface area contributed by atoms with Gasteiger partial charge < -0.3 is 27.9 Å². The quantitative estimate of drug-likeness (QED) is 0.297. The molecule has 0 spiro atoms. The maximum atomic E-state index is 12.9. The van der Waals surface area contributed by atoms with Gasteiger partial charge in [0.25, 0.3) is 0 Å². The number of benzene rings is 3. The van der Waals surface area contributed by atoms with E-state index in [0.717, 1.165) is 5.41 Å². The van der Waals surface area contributed by atoms with Crippen molar-refractivity contribution in [3.05, 3.63) is 71.1 Å². The Morgan fingerprint density at radius 3 is 1.74 bits per heavy atom. The number of rotatable bonds is 12. The first-order valence-corrected chi connectivity index (χ1v) is 14.1. The predicted molar refractivity (Wildman–Crippen MR) is 142 cm³/mol. The fraction of sp³-hybridized carbons (Fsp3) is 0.231. The first kappa shape index (κ1) is 28.7. The van der Waals surface area contributed by atoms with Gasteiger partial charge in [-0.2, -0.15) is 8.42 Å². The Bertz CT molecular complexity index is 1490. The minimum Gasteiger partial charge on any atom is -0.497 e. The minimum atomic E-state index is -4.24. The van der Waals surface area contributed by atoms with E-state index in [1.807, 2.05) is 0 Å². The average molecular weight is 565 g/mol. The molecule has 12 heteroatoms. The summed E-state index contributed by atoms with van der Waals surface area (Å²) in [6, 6.07) is 13.1. The van der Waals surface area contributed by atoms with Gasteiger partial charge >= 0.3 is 10.1 Å². The number of ether oxygens (including phenoxy) is 5. The second kappa shape index (κ2) is 12.1.